The zero-order chi connectivity index (χ0) is 19.8. The fourth-order valence-electron chi connectivity index (χ4n) is 4.08. The first-order valence-electron chi connectivity index (χ1n) is 9.67. The van der Waals surface area contributed by atoms with E-state index < -0.39 is 0 Å². The topological polar surface area (TPSA) is 51.5 Å². The molecule has 1 aliphatic heterocycles. The van der Waals surface area contributed by atoms with E-state index in [0.717, 1.165) is 42.7 Å². The molecule has 1 fully saturated rings. The molecule has 1 aromatic heterocycles. The number of anilines is 1. The number of rotatable bonds is 4. The lowest BCUT2D eigenvalue weighted by Crippen LogP contribution is -2.23. The van der Waals surface area contributed by atoms with Gasteiger partial charge in [0.15, 0.2) is 5.43 Å². The number of aryl methyl sites for hydroxylation is 1. The Hall–Kier alpha value is -2.53. The molecule has 0 spiro atoms. The second-order valence-corrected chi connectivity index (χ2v) is 7.63. The van der Waals surface area contributed by atoms with Crippen molar-refractivity contribution in [2.45, 2.75) is 33.2 Å². The van der Waals surface area contributed by atoms with Gasteiger partial charge in [0.25, 0.3) is 0 Å². The highest BCUT2D eigenvalue weighted by molar-refractivity contribution is 6.35. The minimum Gasteiger partial charge on any atom is -0.465 e. The summed E-state index contributed by atoms with van der Waals surface area (Å²) in [6.07, 6.45) is 2.17. The van der Waals surface area contributed by atoms with E-state index in [2.05, 4.69) is 4.90 Å². The zero-order valence-electron chi connectivity index (χ0n) is 16.1. The number of halogens is 1. The van der Waals surface area contributed by atoms with Crippen molar-refractivity contribution in [2.75, 3.05) is 24.6 Å². The maximum Gasteiger partial charge on any atom is 0.325 e. The summed E-state index contributed by atoms with van der Waals surface area (Å²) in [7, 11) is 0. The molecule has 0 N–H and O–H groups in total. The van der Waals surface area contributed by atoms with Gasteiger partial charge in [-0.3, -0.25) is 9.59 Å². The van der Waals surface area contributed by atoms with E-state index >= 15 is 0 Å². The van der Waals surface area contributed by atoms with Crippen molar-refractivity contribution < 1.29 is 9.53 Å². The molecule has 2 heterocycles. The number of esters is 1. The Morgan fingerprint density at radius 3 is 2.57 bits per heavy atom. The summed E-state index contributed by atoms with van der Waals surface area (Å²) >= 11 is 6.61. The van der Waals surface area contributed by atoms with Crippen molar-refractivity contribution >= 4 is 45.1 Å². The zero-order valence-corrected chi connectivity index (χ0v) is 16.9. The maximum absolute atomic E-state index is 13.3. The molecule has 28 heavy (non-hydrogen) atoms. The highest BCUT2D eigenvalue weighted by Crippen LogP contribution is 2.37. The summed E-state index contributed by atoms with van der Waals surface area (Å²) in [4.78, 5) is 27.9. The molecule has 0 aliphatic carbocycles. The van der Waals surface area contributed by atoms with Crippen LogP contribution in [0.1, 0.15) is 25.3 Å². The van der Waals surface area contributed by atoms with Gasteiger partial charge in [-0.05, 0) is 56.5 Å². The predicted molar refractivity (Wildman–Crippen MR) is 114 cm³/mol. The van der Waals surface area contributed by atoms with E-state index in [1.807, 2.05) is 29.7 Å². The number of hydrogen-bond acceptors (Lipinski definition) is 4. The molecule has 5 nitrogen and oxygen atoms in total. The number of fused-ring (bicyclic) bond motifs is 2. The van der Waals surface area contributed by atoms with Crippen LogP contribution in [-0.4, -0.2) is 30.2 Å². The third-order valence-electron chi connectivity index (χ3n) is 5.32. The molecule has 146 valence electrons. The molecule has 6 heteroatoms. The van der Waals surface area contributed by atoms with Crippen molar-refractivity contribution in [3.05, 3.63) is 51.1 Å². The number of carbonyl (C=O) groups is 1. The molecule has 0 bridgehead atoms. The van der Waals surface area contributed by atoms with E-state index in [9.17, 15) is 9.59 Å². The van der Waals surface area contributed by atoms with Crippen LogP contribution in [0.15, 0.2) is 35.1 Å². The molecule has 0 unspecified atom stereocenters. The maximum atomic E-state index is 13.3. The van der Waals surface area contributed by atoms with Gasteiger partial charge in [-0.2, -0.15) is 0 Å². The number of benzene rings is 2. The third kappa shape index (κ3) is 3.14. The summed E-state index contributed by atoms with van der Waals surface area (Å²) in [5.41, 5.74) is 3.26. The third-order valence-corrected chi connectivity index (χ3v) is 5.62. The lowest BCUT2D eigenvalue weighted by Gasteiger charge is -2.24. The molecular weight excluding hydrogens is 376 g/mol. The van der Waals surface area contributed by atoms with Crippen molar-refractivity contribution in [1.82, 2.24) is 4.57 Å². The van der Waals surface area contributed by atoms with E-state index in [4.69, 9.17) is 16.3 Å². The van der Waals surface area contributed by atoms with E-state index in [0.29, 0.717) is 27.9 Å². The van der Waals surface area contributed by atoms with Crippen LogP contribution in [0.5, 0.6) is 0 Å². The normalized spacial score (nSPS) is 14.2. The quantitative estimate of drug-likeness (QED) is 0.486. The van der Waals surface area contributed by atoms with Crippen LogP contribution in [0.3, 0.4) is 0 Å². The van der Waals surface area contributed by atoms with Gasteiger partial charge in [0, 0.05) is 23.9 Å². The molecular formula is C22H23ClN2O3. The van der Waals surface area contributed by atoms with E-state index in [-0.39, 0.29) is 17.9 Å². The Balaban J connectivity index is 2.13. The first-order valence-corrected chi connectivity index (χ1v) is 10.0. The molecule has 1 aliphatic rings. The number of carbonyl (C=O) groups excluding carboxylic acids is 1. The van der Waals surface area contributed by atoms with Crippen LogP contribution < -0.4 is 10.3 Å². The summed E-state index contributed by atoms with van der Waals surface area (Å²) in [6.45, 7) is 5.88. The average Bonchev–Trinajstić information content (AvgIpc) is 3.19. The molecule has 1 saturated heterocycles. The Morgan fingerprint density at radius 2 is 1.86 bits per heavy atom. The Morgan fingerprint density at radius 1 is 1.14 bits per heavy atom. The lowest BCUT2D eigenvalue weighted by molar-refractivity contribution is -0.143. The first kappa shape index (κ1) is 18.8. The second-order valence-electron chi connectivity index (χ2n) is 7.23. The first-order chi connectivity index (χ1) is 13.5. The minimum atomic E-state index is -0.331. The monoisotopic (exact) mass is 398 g/mol. The summed E-state index contributed by atoms with van der Waals surface area (Å²) < 4.78 is 7.11. The number of nitrogens with zero attached hydrogens (tertiary/aromatic N) is 2. The van der Waals surface area contributed by atoms with E-state index in [1.165, 1.54) is 0 Å². The molecule has 0 atom stereocenters. The van der Waals surface area contributed by atoms with E-state index in [1.54, 1.807) is 19.1 Å². The highest BCUT2D eigenvalue weighted by Gasteiger charge is 2.23. The van der Waals surface area contributed by atoms with Crippen LogP contribution in [0.4, 0.5) is 5.69 Å². The largest absolute Gasteiger partial charge is 0.465 e. The summed E-state index contributed by atoms with van der Waals surface area (Å²) in [5, 5.41) is 1.77. The van der Waals surface area contributed by atoms with Gasteiger partial charge in [-0.25, -0.2) is 0 Å². The Bertz CT molecular complexity index is 1130. The van der Waals surface area contributed by atoms with Gasteiger partial charge in [-0.15, -0.1) is 0 Å². The number of hydrogen-bond donors (Lipinski definition) is 0. The van der Waals surface area contributed by atoms with Crippen LogP contribution in [0.25, 0.3) is 21.8 Å². The average molecular weight is 399 g/mol. The number of pyridine rings is 1. The van der Waals surface area contributed by atoms with Crippen LogP contribution >= 0.6 is 11.6 Å². The number of aromatic nitrogens is 1. The molecule has 0 radical (unpaired) electrons. The van der Waals surface area contributed by atoms with Crippen molar-refractivity contribution in [3.8, 4) is 0 Å². The fraction of sp³-hybridized carbons (Fsp3) is 0.364. The smallest absolute Gasteiger partial charge is 0.325 e. The van der Waals surface area contributed by atoms with Gasteiger partial charge >= 0.3 is 5.97 Å². The molecule has 2 aromatic carbocycles. The molecule has 0 amide bonds. The summed E-state index contributed by atoms with van der Waals surface area (Å²) in [5.74, 6) is -0.331. The van der Waals surface area contributed by atoms with Crippen molar-refractivity contribution in [1.29, 1.82) is 0 Å². The van der Waals surface area contributed by atoms with Gasteiger partial charge in [0.05, 0.1) is 28.4 Å². The van der Waals surface area contributed by atoms with Crippen LogP contribution in [0, 0.1) is 6.92 Å². The fourth-order valence-corrected chi connectivity index (χ4v) is 4.35. The van der Waals surface area contributed by atoms with Gasteiger partial charge < -0.3 is 14.2 Å². The minimum absolute atomic E-state index is 0.0335. The van der Waals surface area contributed by atoms with Crippen LogP contribution in [-0.2, 0) is 16.1 Å². The molecule has 0 saturated carbocycles. The Kier molecular flexibility index (Phi) is 5.02. The van der Waals surface area contributed by atoms with Crippen molar-refractivity contribution in [2.24, 2.45) is 0 Å². The molecule has 3 aromatic rings. The standard InChI is InChI=1S/C22H23ClN2O3/c1-3-28-19(26)13-25-18-12-14(2)6-7-15(18)22(27)16-8-9-17(23)21(20(16)25)24-10-4-5-11-24/h6-9,12H,3-5,10-11,13H2,1-2H3. The predicted octanol–water partition coefficient (Wildman–Crippen LogP) is 4.28. The molecule has 4 rings (SSSR count). The van der Waals surface area contributed by atoms with Gasteiger partial charge in [-0.1, -0.05) is 17.7 Å². The lowest BCUT2D eigenvalue weighted by atomic mass is 10.1. The van der Waals surface area contributed by atoms with Crippen molar-refractivity contribution in [3.63, 3.8) is 0 Å². The Labute approximate surface area is 168 Å². The van der Waals surface area contributed by atoms with Crippen LogP contribution in [0.2, 0.25) is 5.02 Å². The second kappa shape index (κ2) is 7.47. The van der Waals surface area contributed by atoms with Gasteiger partial charge in [0.2, 0.25) is 0 Å². The number of ether oxygens (including phenoxy) is 1. The van der Waals surface area contributed by atoms with Gasteiger partial charge in [0.1, 0.15) is 6.54 Å². The SMILES string of the molecule is CCOC(=O)Cn1c2cc(C)ccc2c(=O)c2ccc(Cl)c(N3CCCC3)c21. The summed E-state index contributed by atoms with van der Waals surface area (Å²) in [6, 6.07) is 9.25. The highest BCUT2D eigenvalue weighted by atomic mass is 35.5.